The number of carbonyl (C=O) groups excluding carboxylic acids is 1. The first kappa shape index (κ1) is 15.1. The molecular weight excluding hydrogens is 262 g/mol. The molecule has 2 aromatic carbocycles. The van der Waals surface area contributed by atoms with Crippen molar-refractivity contribution in [1.29, 1.82) is 0 Å². The van der Waals surface area contributed by atoms with Gasteiger partial charge in [0.1, 0.15) is 11.5 Å². The number of ether oxygens (including phenoxy) is 1. The van der Waals surface area contributed by atoms with Gasteiger partial charge in [-0.3, -0.25) is 4.79 Å². The van der Waals surface area contributed by atoms with Gasteiger partial charge in [-0.15, -0.1) is 0 Å². The van der Waals surface area contributed by atoms with E-state index in [-0.39, 0.29) is 5.91 Å². The molecule has 21 heavy (non-hydrogen) atoms. The zero-order valence-corrected chi connectivity index (χ0v) is 13.0. The van der Waals surface area contributed by atoms with Crippen molar-refractivity contribution in [1.82, 2.24) is 5.32 Å². The van der Waals surface area contributed by atoms with Crippen LogP contribution in [-0.2, 0) is 0 Å². The molecule has 0 bridgehead atoms. The van der Waals surface area contributed by atoms with Gasteiger partial charge in [0.15, 0.2) is 0 Å². The summed E-state index contributed by atoms with van der Waals surface area (Å²) in [4.78, 5) is 12.1. The zero-order valence-electron chi connectivity index (χ0n) is 13.0. The lowest BCUT2D eigenvalue weighted by molar-refractivity contribution is 0.0953. The third kappa shape index (κ3) is 3.43. The van der Waals surface area contributed by atoms with Crippen LogP contribution in [0.2, 0.25) is 0 Å². The maximum Gasteiger partial charge on any atom is 0.255 e. The largest absolute Gasteiger partial charge is 0.456 e. The number of hydrogen-bond donors (Lipinski definition) is 1. The molecule has 0 aliphatic heterocycles. The van der Waals surface area contributed by atoms with Crippen molar-refractivity contribution >= 4 is 5.91 Å². The lowest BCUT2D eigenvalue weighted by Crippen LogP contribution is -2.23. The third-order valence-electron chi connectivity index (χ3n) is 3.34. The summed E-state index contributed by atoms with van der Waals surface area (Å²) in [5.41, 5.74) is 3.73. The number of aryl methyl sites for hydroxylation is 3. The average molecular weight is 283 g/mol. The summed E-state index contributed by atoms with van der Waals surface area (Å²) >= 11 is 0. The Morgan fingerprint density at radius 2 is 1.76 bits per heavy atom. The third-order valence-corrected chi connectivity index (χ3v) is 3.34. The van der Waals surface area contributed by atoms with Crippen molar-refractivity contribution in [3.05, 3.63) is 58.7 Å². The topological polar surface area (TPSA) is 38.3 Å². The molecule has 0 atom stereocenters. The van der Waals surface area contributed by atoms with E-state index in [1.165, 1.54) is 0 Å². The van der Waals surface area contributed by atoms with E-state index in [0.29, 0.717) is 17.9 Å². The summed E-state index contributed by atoms with van der Waals surface area (Å²) in [5.74, 6) is 1.30. The highest BCUT2D eigenvalue weighted by Gasteiger charge is 2.14. The van der Waals surface area contributed by atoms with Crippen LogP contribution < -0.4 is 10.1 Å². The first-order valence-corrected chi connectivity index (χ1v) is 7.16. The summed E-state index contributed by atoms with van der Waals surface area (Å²) in [6, 6.07) is 11.6. The standard InChI is InChI=1S/C18H21NO2/c1-5-19-18(20)15-10-9-12(2)11-16(15)21-17-13(3)7-6-8-14(17)4/h6-11H,5H2,1-4H3,(H,19,20). The predicted molar refractivity (Wildman–Crippen MR) is 85.2 cm³/mol. The van der Waals surface area contributed by atoms with Crippen LogP contribution in [0.5, 0.6) is 11.5 Å². The van der Waals surface area contributed by atoms with Crippen molar-refractivity contribution in [3.63, 3.8) is 0 Å². The fourth-order valence-corrected chi connectivity index (χ4v) is 2.23. The Balaban J connectivity index is 2.43. The van der Waals surface area contributed by atoms with Crippen molar-refractivity contribution in [3.8, 4) is 11.5 Å². The SMILES string of the molecule is CCNC(=O)c1ccc(C)cc1Oc1c(C)cccc1C. The van der Waals surface area contributed by atoms with E-state index in [2.05, 4.69) is 5.32 Å². The molecule has 0 saturated heterocycles. The van der Waals surface area contributed by atoms with Gasteiger partial charge in [-0.1, -0.05) is 24.3 Å². The minimum atomic E-state index is -0.112. The number of para-hydroxylation sites is 1. The molecule has 0 saturated carbocycles. The molecule has 0 spiro atoms. The molecule has 1 N–H and O–H groups in total. The van der Waals surface area contributed by atoms with Crippen LogP contribution >= 0.6 is 0 Å². The van der Waals surface area contributed by atoms with Gasteiger partial charge in [-0.05, 0) is 56.5 Å². The number of hydrogen-bond acceptors (Lipinski definition) is 2. The summed E-state index contributed by atoms with van der Waals surface area (Å²) in [5, 5.41) is 2.82. The maximum absolute atomic E-state index is 12.1. The molecule has 1 amide bonds. The Kier molecular flexibility index (Phi) is 4.63. The van der Waals surface area contributed by atoms with Crippen molar-refractivity contribution in [2.24, 2.45) is 0 Å². The van der Waals surface area contributed by atoms with Gasteiger partial charge < -0.3 is 10.1 Å². The van der Waals surface area contributed by atoms with Crippen LogP contribution in [0.25, 0.3) is 0 Å². The van der Waals surface area contributed by atoms with E-state index in [1.54, 1.807) is 0 Å². The molecule has 3 nitrogen and oxygen atoms in total. The number of carbonyl (C=O) groups is 1. The molecule has 2 aromatic rings. The van der Waals surface area contributed by atoms with Crippen molar-refractivity contribution in [2.75, 3.05) is 6.54 Å². The fourth-order valence-electron chi connectivity index (χ4n) is 2.23. The molecule has 0 fully saturated rings. The van der Waals surface area contributed by atoms with Crippen LogP contribution in [0.1, 0.15) is 34.0 Å². The first-order valence-electron chi connectivity index (χ1n) is 7.16. The van der Waals surface area contributed by atoms with E-state index < -0.39 is 0 Å². The minimum absolute atomic E-state index is 0.112. The monoisotopic (exact) mass is 283 g/mol. The Bertz CT molecular complexity index is 642. The fraction of sp³-hybridized carbons (Fsp3) is 0.278. The second kappa shape index (κ2) is 6.44. The molecule has 0 aromatic heterocycles. The van der Waals surface area contributed by atoms with Gasteiger partial charge in [0.2, 0.25) is 0 Å². The summed E-state index contributed by atoms with van der Waals surface area (Å²) in [6.45, 7) is 8.49. The van der Waals surface area contributed by atoms with E-state index in [1.807, 2.05) is 64.1 Å². The molecule has 3 heteroatoms. The minimum Gasteiger partial charge on any atom is -0.456 e. The van der Waals surface area contributed by atoms with Crippen LogP contribution in [0.4, 0.5) is 0 Å². The lowest BCUT2D eigenvalue weighted by Gasteiger charge is -2.15. The van der Waals surface area contributed by atoms with Gasteiger partial charge in [0, 0.05) is 6.54 Å². The van der Waals surface area contributed by atoms with Gasteiger partial charge >= 0.3 is 0 Å². The molecule has 0 aliphatic carbocycles. The number of rotatable bonds is 4. The Morgan fingerprint density at radius 3 is 2.38 bits per heavy atom. The van der Waals surface area contributed by atoms with Gasteiger partial charge in [0.05, 0.1) is 5.56 Å². The Labute approximate surface area is 126 Å². The summed E-state index contributed by atoms with van der Waals surface area (Å²) in [7, 11) is 0. The normalized spacial score (nSPS) is 10.3. The van der Waals surface area contributed by atoms with E-state index >= 15 is 0 Å². The van der Waals surface area contributed by atoms with Crippen LogP contribution in [0, 0.1) is 20.8 Å². The number of nitrogens with one attached hydrogen (secondary N) is 1. The number of amides is 1. The predicted octanol–water partition coefficient (Wildman–Crippen LogP) is 4.15. The van der Waals surface area contributed by atoms with Crippen LogP contribution in [0.15, 0.2) is 36.4 Å². The molecule has 0 unspecified atom stereocenters. The summed E-state index contributed by atoms with van der Waals surface area (Å²) < 4.78 is 6.06. The van der Waals surface area contributed by atoms with Crippen LogP contribution in [0.3, 0.4) is 0 Å². The quantitative estimate of drug-likeness (QED) is 0.915. The maximum atomic E-state index is 12.1. The lowest BCUT2D eigenvalue weighted by atomic mass is 10.1. The molecular formula is C18H21NO2. The highest BCUT2D eigenvalue weighted by molar-refractivity contribution is 5.97. The second-order valence-electron chi connectivity index (χ2n) is 5.18. The molecule has 0 aliphatic rings. The summed E-state index contributed by atoms with van der Waals surface area (Å²) in [6.07, 6.45) is 0. The van der Waals surface area contributed by atoms with Gasteiger partial charge in [-0.25, -0.2) is 0 Å². The van der Waals surface area contributed by atoms with E-state index in [0.717, 1.165) is 22.4 Å². The highest BCUT2D eigenvalue weighted by atomic mass is 16.5. The number of benzene rings is 2. The average Bonchev–Trinajstić information content (AvgIpc) is 2.43. The van der Waals surface area contributed by atoms with Crippen molar-refractivity contribution < 1.29 is 9.53 Å². The highest BCUT2D eigenvalue weighted by Crippen LogP contribution is 2.31. The zero-order chi connectivity index (χ0) is 15.4. The molecule has 2 rings (SSSR count). The van der Waals surface area contributed by atoms with E-state index in [9.17, 15) is 4.79 Å². The molecule has 0 radical (unpaired) electrons. The molecule has 110 valence electrons. The Morgan fingerprint density at radius 1 is 1.10 bits per heavy atom. The smallest absolute Gasteiger partial charge is 0.255 e. The Hall–Kier alpha value is -2.29. The van der Waals surface area contributed by atoms with Gasteiger partial charge in [0.25, 0.3) is 5.91 Å². The second-order valence-corrected chi connectivity index (χ2v) is 5.18. The molecule has 0 heterocycles. The van der Waals surface area contributed by atoms with Crippen molar-refractivity contribution in [2.45, 2.75) is 27.7 Å². The van der Waals surface area contributed by atoms with Crippen LogP contribution in [-0.4, -0.2) is 12.5 Å². The first-order chi connectivity index (χ1) is 10.0. The van der Waals surface area contributed by atoms with E-state index in [4.69, 9.17) is 4.74 Å². The van der Waals surface area contributed by atoms with Gasteiger partial charge in [-0.2, -0.15) is 0 Å².